The zero-order valence-corrected chi connectivity index (χ0v) is 17.9. The van der Waals surface area contributed by atoms with Crippen LogP contribution in [-0.4, -0.2) is 36.3 Å². The van der Waals surface area contributed by atoms with Crippen LogP contribution in [-0.2, 0) is 6.54 Å². The predicted molar refractivity (Wildman–Crippen MR) is 122 cm³/mol. The van der Waals surface area contributed by atoms with Gasteiger partial charge >= 0.3 is 5.97 Å². The maximum Gasteiger partial charge on any atom is 0.335 e. The lowest BCUT2D eigenvalue weighted by atomic mass is 10.0. The molecule has 0 aliphatic heterocycles. The molecular weight excluding hydrogens is 394 g/mol. The number of ether oxygens (including phenoxy) is 1. The van der Waals surface area contributed by atoms with Crippen molar-refractivity contribution in [2.45, 2.75) is 19.6 Å². The molecule has 162 valence electrons. The topological polar surface area (TPSA) is 101 Å². The van der Waals surface area contributed by atoms with E-state index in [1.807, 2.05) is 37.1 Å². The monoisotopic (exact) mass is 421 g/mol. The largest absolute Gasteiger partial charge is 0.493 e. The number of nitrogens with two attached hydrogens (primary N) is 1. The Bertz CT molecular complexity index is 1120. The Labute approximate surface area is 181 Å². The van der Waals surface area contributed by atoms with E-state index in [0.717, 1.165) is 22.3 Å². The lowest BCUT2D eigenvalue weighted by Gasteiger charge is -2.27. The van der Waals surface area contributed by atoms with Crippen LogP contribution in [0.25, 0.3) is 22.1 Å². The molecule has 0 aliphatic rings. The summed E-state index contributed by atoms with van der Waals surface area (Å²) in [5.74, 6) is 1.04. The van der Waals surface area contributed by atoms with E-state index < -0.39 is 5.97 Å². The number of benzene rings is 2. The molecule has 1 heterocycles. The first kappa shape index (κ1) is 22.0. The number of allylic oxidation sites excluding steroid dienone is 2. The van der Waals surface area contributed by atoms with Crippen LogP contribution < -0.4 is 15.8 Å². The minimum absolute atomic E-state index is 0.0189. The van der Waals surface area contributed by atoms with E-state index in [9.17, 15) is 4.79 Å². The minimum Gasteiger partial charge on any atom is -0.493 e. The van der Waals surface area contributed by atoms with E-state index in [0.29, 0.717) is 23.7 Å². The van der Waals surface area contributed by atoms with Gasteiger partial charge in [-0.3, -0.25) is 5.32 Å². The molecule has 0 bridgehead atoms. The van der Waals surface area contributed by atoms with Crippen LogP contribution in [0.4, 0.5) is 0 Å². The van der Waals surface area contributed by atoms with Crippen molar-refractivity contribution in [1.82, 2.24) is 10.2 Å². The highest BCUT2D eigenvalue weighted by Crippen LogP contribution is 2.34. The van der Waals surface area contributed by atoms with Crippen LogP contribution in [0.3, 0.4) is 0 Å². The van der Waals surface area contributed by atoms with Crippen molar-refractivity contribution in [3.8, 4) is 16.9 Å². The molecule has 1 unspecified atom stereocenters. The third-order valence-electron chi connectivity index (χ3n) is 5.17. The number of carbonyl (C=O) groups is 1. The van der Waals surface area contributed by atoms with Crippen molar-refractivity contribution in [2.24, 2.45) is 5.73 Å². The lowest BCUT2D eigenvalue weighted by Crippen LogP contribution is -2.42. The first-order valence-electron chi connectivity index (χ1n) is 9.82. The molecule has 0 amide bonds. The van der Waals surface area contributed by atoms with Crippen molar-refractivity contribution < 1.29 is 19.1 Å². The Kier molecular flexibility index (Phi) is 6.67. The van der Waals surface area contributed by atoms with Gasteiger partial charge in [0.2, 0.25) is 0 Å². The van der Waals surface area contributed by atoms with Gasteiger partial charge in [0.25, 0.3) is 0 Å². The molecule has 0 fully saturated rings. The first-order chi connectivity index (χ1) is 14.8. The van der Waals surface area contributed by atoms with E-state index in [1.165, 1.54) is 0 Å². The maximum absolute atomic E-state index is 11.1. The lowest BCUT2D eigenvalue weighted by molar-refractivity contribution is 0.0697. The van der Waals surface area contributed by atoms with E-state index in [1.54, 1.807) is 43.5 Å². The second kappa shape index (κ2) is 9.40. The summed E-state index contributed by atoms with van der Waals surface area (Å²) in [5, 5.41) is 13.4. The summed E-state index contributed by atoms with van der Waals surface area (Å²) in [6.45, 7) is 6.17. The van der Waals surface area contributed by atoms with Crippen molar-refractivity contribution in [3.05, 3.63) is 78.3 Å². The van der Waals surface area contributed by atoms with Crippen LogP contribution in [0.2, 0.25) is 0 Å². The normalized spacial score (nSPS) is 12.5. The second-order valence-corrected chi connectivity index (χ2v) is 7.19. The molecule has 3 aromatic rings. The van der Waals surface area contributed by atoms with Gasteiger partial charge in [-0.25, -0.2) is 4.79 Å². The number of methoxy groups -OCH3 is 1. The molecule has 4 N–H and O–H groups in total. The second-order valence-electron chi connectivity index (χ2n) is 7.19. The zero-order valence-electron chi connectivity index (χ0n) is 17.9. The van der Waals surface area contributed by atoms with Gasteiger partial charge in [-0.15, -0.1) is 0 Å². The molecule has 0 spiro atoms. The number of fused-ring (bicyclic) bond motifs is 1. The molecular formula is C24H27N3O4. The number of nitrogens with one attached hydrogen (secondary N) is 1. The van der Waals surface area contributed by atoms with Crippen molar-refractivity contribution in [2.75, 3.05) is 14.2 Å². The van der Waals surface area contributed by atoms with Gasteiger partial charge in [0, 0.05) is 12.4 Å². The van der Waals surface area contributed by atoms with Crippen LogP contribution in [0.1, 0.15) is 23.0 Å². The molecule has 7 heteroatoms. The molecule has 1 aromatic heterocycles. The fourth-order valence-corrected chi connectivity index (χ4v) is 3.23. The molecule has 2 aromatic carbocycles. The summed E-state index contributed by atoms with van der Waals surface area (Å²) in [7, 11) is 3.49. The highest BCUT2D eigenvalue weighted by Gasteiger charge is 2.15. The molecule has 0 saturated heterocycles. The number of carboxylic acids is 1. The summed E-state index contributed by atoms with van der Waals surface area (Å²) < 4.78 is 11.6. The average molecular weight is 421 g/mol. The highest BCUT2D eigenvalue weighted by molar-refractivity contribution is 5.91. The molecule has 7 nitrogen and oxygen atoms in total. The van der Waals surface area contributed by atoms with Gasteiger partial charge in [0.1, 0.15) is 5.76 Å². The quantitative estimate of drug-likeness (QED) is 0.352. The van der Waals surface area contributed by atoms with Gasteiger partial charge in [0.15, 0.2) is 11.3 Å². The van der Waals surface area contributed by atoms with Gasteiger partial charge in [-0.05, 0) is 54.5 Å². The molecule has 0 aliphatic carbocycles. The third-order valence-corrected chi connectivity index (χ3v) is 5.17. The van der Waals surface area contributed by atoms with Crippen LogP contribution in [0, 0.1) is 0 Å². The molecule has 31 heavy (non-hydrogen) atoms. The number of hydrogen-bond donors (Lipinski definition) is 3. The molecule has 0 saturated carbocycles. The van der Waals surface area contributed by atoms with Gasteiger partial charge in [0.05, 0.1) is 31.2 Å². The third kappa shape index (κ3) is 4.90. The summed E-state index contributed by atoms with van der Waals surface area (Å²) in [6, 6.07) is 12.6. The summed E-state index contributed by atoms with van der Waals surface area (Å²) in [6.07, 6.45) is 3.38. The minimum atomic E-state index is -0.951. The molecule has 0 radical (unpaired) electrons. The summed E-state index contributed by atoms with van der Waals surface area (Å²) in [4.78, 5) is 13.0. The Morgan fingerprint density at radius 1 is 1.29 bits per heavy atom. The SMILES string of the molecule is C=C/C=C(/N)N(C)C(C)NCc1cc2cc(-c3ccc(C(=O)O)cc3)cc(OC)c2o1. The van der Waals surface area contributed by atoms with Crippen LogP contribution in [0.15, 0.2) is 71.4 Å². The van der Waals surface area contributed by atoms with E-state index in [-0.39, 0.29) is 11.7 Å². The van der Waals surface area contributed by atoms with E-state index in [4.69, 9.17) is 20.0 Å². The van der Waals surface area contributed by atoms with Gasteiger partial charge in [-0.2, -0.15) is 0 Å². The van der Waals surface area contributed by atoms with Gasteiger partial charge < -0.3 is 24.9 Å². The summed E-state index contributed by atoms with van der Waals surface area (Å²) >= 11 is 0. The Morgan fingerprint density at radius 2 is 2.00 bits per heavy atom. The number of furan rings is 1. The van der Waals surface area contributed by atoms with Crippen molar-refractivity contribution in [1.29, 1.82) is 0 Å². The number of carboxylic acid groups (broad SMARTS) is 1. The zero-order chi connectivity index (χ0) is 22.5. The fourth-order valence-electron chi connectivity index (χ4n) is 3.23. The van der Waals surface area contributed by atoms with E-state index in [2.05, 4.69) is 11.9 Å². The van der Waals surface area contributed by atoms with Gasteiger partial charge in [-0.1, -0.05) is 24.8 Å². The molecule has 3 rings (SSSR count). The highest BCUT2D eigenvalue weighted by atomic mass is 16.5. The Balaban J connectivity index is 1.84. The number of rotatable bonds is 9. The number of hydrogen-bond acceptors (Lipinski definition) is 6. The maximum atomic E-state index is 11.1. The summed E-state index contributed by atoms with van der Waals surface area (Å²) in [5.41, 5.74) is 8.72. The first-order valence-corrected chi connectivity index (χ1v) is 9.82. The number of aromatic carboxylic acids is 1. The standard InChI is InChI=1S/C24H27N3O4/c1-5-6-22(25)27(3)15(2)26-14-20-12-19-11-18(13-21(30-4)23(19)31-20)16-7-9-17(10-8-16)24(28)29/h5-13,15,26H,1,14,25H2,2-4H3,(H,28,29)/b22-6-. The fraction of sp³-hybridized carbons (Fsp3) is 0.208. The Hall–Kier alpha value is -3.71. The van der Waals surface area contributed by atoms with Crippen LogP contribution in [0.5, 0.6) is 5.75 Å². The number of nitrogens with zero attached hydrogens (tertiary/aromatic N) is 1. The van der Waals surface area contributed by atoms with E-state index >= 15 is 0 Å². The molecule has 1 atom stereocenters. The van der Waals surface area contributed by atoms with Crippen LogP contribution >= 0.6 is 0 Å². The van der Waals surface area contributed by atoms with Crippen molar-refractivity contribution in [3.63, 3.8) is 0 Å². The predicted octanol–water partition coefficient (Wildman–Crippen LogP) is 4.16. The average Bonchev–Trinajstić information content (AvgIpc) is 3.19. The van der Waals surface area contributed by atoms with Crippen molar-refractivity contribution >= 4 is 16.9 Å². The Morgan fingerprint density at radius 3 is 2.61 bits per heavy atom. The smallest absolute Gasteiger partial charge is 0.335 e.